The first kappa shape index (κ1) is 30.8. The van der Waals surface area contributed by atoms with Crippen molar-refractivity contribution in [2.24, 2.45) is 0 Å². The quantitative estimate of drug-likeness (QED) is 0.311. The zero-order valence-electron chi connectivity index (χ0n) is 21.8. The third kappa shape index (κ3) is 8.11. The fourth-order valence-corrected chi connectivity index (χ4v) is 5.84. The van der Waals surface area contributed by atoms with E-state index in [4.69, 9.17) is 34.8 Å². The summed E-state index contributed by atoms with van der Waals surface area (Å²) in [6, 6.07) is 18.0. The van der Waals surface area contributed by atoms with Crippen molar-refractivity contribution in [1.82, 2.24) is 10.2 Å². The zero-order valence-corrected chi connectivity index (χ0v) is 24.9. The van der Waals surface area contributed by atoms with Crippen LogP contribution in [0.15, 0.2) is 66.7 Å². The highest BCUT2D eigenvalue weighted by Crippen LogP contribution is 2.29. The van der Waals surface area contributed by atoms with E-state index < -0.39 is 28.5 Å². The summed E-state index contributed by atoms with van der Waals surface area (Å²) in [5, 5.41) is 3.88. The lowest BCUT2D eigenvalue weighted by Crippen LogP contribution is -2.53. The molecule has 0 aliphatic heterocycles. The maximum atomic E-state index is 14.0. The van der Waals surface area contributed by atoms with Gasteiger partial charge in [0.25, 0.3) is 0 Å². The van der Waals surface area contributed by atoms with Crippen LogP contribution in [-0.2, 0) is 32.6 Å². The monoisotopic (exact) mass is 609 g/mol. The van der Waals surface area contributed by atoms with Gasteiger partial charge >= 0.3 is 0 Å². The molecule has 39 heavy (non-hydrogen) atoms. The lowest BCUT2D eigenvalue weighted by Gasteiger charge is -2.34. The van der Waals surface area contributed by atoms with Gasteiger partial charge in [0.05, 0.1) is 11.9 Å². The summed E-state index contributed by atoms with van der Waals surface area (Å²) >= 11 is 19.0. The number of halogens is 3. The average Bonchev–Trinajstić information content (AvgIpc) is 2.86. The number of likely N-dealkylation sites (N-methyl/N-ethyl adjacent to an activating group) is 1. The first-order valence-corrected chi connectivity index (χ1v) is 15.2. The van der Waals surface area contributed by atoms with E-state index in [2.05, 4.69) is 5.32 Å². The summed E-state index contributed by atoms with van der Waals surface area (Å²) in [5.41, 5.74) is 2.16. The molecule has 11 heteroatoms. The van der Waals surface area contributed by atoms with Gasteiger partial charge in [-0.1, -0.05) is 71.2 Å². The molecule has 0 unspecified atom stereocenters. The molecule has 0 saturated heterocycles. The van der Waals surface area contributed by atoms with E-state index in [1.165, 1.54) is 4.90 Å². The largest absolute Gasteiger partial charge is 0.355 e. The smallest absolute Gasteiger partial charge is 0.244 e. The summed E-state index contributed by atoms with van der Waals surface area (Å²) in [4.78, 5) is 28.8. The lowest BCUT2D eigenvalue weighted by molar-refractivity contribution is -0.140. The Morgan fingerprint density at radius 1 is 0.949 bits per heavy atom. The van der Waals surface area contributed by atoms with Crippen molar-refractivity contribution in [3.63, 3.8) is 0 Å². The van der Waals surface area contributed by atoms with Crippen LogP contribution in [0, 0.1) is 6.92 Å². The van der Waals surface area contributed by atoms with Crippen LogP contribution >= 0.6 is 34.8 Å². The molecule has 2 amide bonds. The Labute approximate surface area is 244 Å². The van der Waals surface area contributed by atoms with Crippen LogP contribution in [0.1, 0.15) is 23.6 Å². The van der Waals surface area contributed by atoms with Gasteiger partial charge < -0.3 is 10.2 Å². The standard InChI is InChI=1S/C28H30Cl3N3O4S/c1-4-32-28(36)26(16-20-9-6-5-7-10-20)33(17-22-23(30)11-8-12-24(22)31)27(35)18-34(39(3,37)38)25-14-13-21(29)15-19(25)2/h5-15,26H,4,16-18H2,1-3H3,(H,32,36)/t26-/m1/s1. The Bertz CT molecular complexity index is 1410. The van der Waals surface area contributed by atoms with Gasteiger partial charge in [0, 0.05) is 40.1 Å². The van der Waals surface area contributed by atoms with Crippen molar-refractivity contribution < 1.29 is 18.0 Å². The number of amides is 2. The molecule has 7 nitrogen and oxygen atoms in total. The summed E-state index contributed by atoms with van der Waals surface area (Å²) < 4.78 is 26.8. The highest BCUT2D eigenvalue weighted by molar-refractivity contribution is 7.92. The molecule has 3 aromatic rings. The molecular weight excluding hydrogens is 581 g/mol. The second-order valence-electron chi connectivity index (χ2n) is 9.02. The van der Waals surface area contributed by atoms with Crippen molar-refractivity contribution >= 4 is 62.3 Å². The highest BCUT2D eigenvalue weighted by atomic mass is 35.5. The van der Waals surface area contributed by atoms with E-state index in [1.54, 1.807) is 50.2 Å². The minimum Gasteiger partial charge on any atom is -0.355 e. The minimum absolute atomic E-state index is 0.108. The maximum Gasteiger partial charge on any atom is 0.244 e. The SMILES string of the molecule is CCNC(=O)[C@@H](Cc1ccccc1)N(Cc1c(Cl)cccc1Cl)C(=O)CN(c1ccc(Cl)cc1C)S(C)(=O)=O. The molecule has 0 bridgehead atoms. The van der Waals surface area contributed by atoms with Gasteiger partial charge in [-0.25, -0.2) is 8.42 Å². The number of anilines is 1. The van der Waals surface area contributed by atoms with Crippen LogP contribution in [0.25, 0.3) is 0 Å². The second kappa shape index (κ2) is 13.5. The molecule has 3 rings (SSSR count). The van der Waals surface area contributed by atoms with E-state index in [-0.39, 0.29) is 18.9 Å². The molecule has 0 fully saturated rings. The van der Waals surface area contributed by atoms with Crippen LogP contribution < -0.4 is 9.62 Å². The van der Waals surface area contributed by atoms with Crippen LogP contribution in [0.5, 0.6) is 0 Å². The normalized spacial score (nSPS) is 12.1. The Kier molecular flexibility index (Phi) is 10.7. The molecule has 1 N–H and O–H groups in total. The molecule has 0 aliphatic rings. The number of nitrogens with one attached hydrogen (secondary N) is 1. The van der Waals surface area contributed by atoms with E-state index in [0.29, 0.717) is 38.4 Å². The Balaban J connectivity index is 2.10. The van der Waals surface area contributed by atoms with Crippen molar-refractivity contribution in [3.8, 4) is 0 Å². The zero-order chi connectivity index (χ0) is 28.7. The number of nitrogens with zero attached hydrogens (tertiary/aromatic N) is 2. The van der Waals surface area contributed by atoms with Gasteiger partial charge in [0.1, 0.15) is 12.6 Å². The van der Waals surface area contributed by atoms with Crippen LogP contribution in [-0.4, -0.2) is 50.5 Å². The molecular formula is C28H30Cl3N3O4S. The third-order valence-electron chi connectivity index (χ3n) is 6.12. The summed E-state index contributed by atoms with van der Waals surface area (Å²) in [6.07, 6.45) is 1.22. The van der Waals surface area contributed by atoms with Gasteiger partial charge in [0.2, 0.25) is 21.8 Å². The van der Waals surface area contributed by atoms with Crippen LogP contribution in [0.3, 0.4) is 0 Å². The molecule has 0 aromatic heterocycles. The van der Waals surface area contributed by atoms with Crippen LogP contribution in [0.2, 0.25) is 15.1 Å². The first-order chi connectivity index (χ1) is 18.4. The number of hydrogen-bond acceptors (Lipinski definition) is 4. The predicted octanol–water partition coefficient (Wildman–Crippen LogP) is 5.50. The Hall–Kier alpha value is -2.78. The highest BCUT2D eigenvalue weighted by Gasteiger charge is 2.34. The summed E-state index contributed by atoms with van der Waals surface area (Å²) in [5.74, 6) is -0.982. The number of benzene rings is 3. The third-order valence-corrected chi connectivity index (χ3v) is 8.19. The number of sulfonamides is 1. The topological polar surface area (TPSA) is 86.8 Å². The summed E-state index contributed by atoms with van der Waals surface area (Å²) in [7, 11) is -3.90. The average molecular weight is 611 g/mol. The molecule has 0 heterocycles. The van der Waals surface area contributed by atoms with Crippen molar-refractivity contribution in [2.75, 3.05) is 23.7 Å². The number of carbonyl (C=O) groups is 2. The van der Waals surface area contributed by atoms with Gasteiger partial charge in [-0.15, -0.1) is 0 Å². The summed E-state index contributed by atoms with van der Waals surface area (Å²) in [6.45, 7) is 3.18. The molecule has 1 atom stereocenters. The van der Waals surface area contributed by atoms with Crippen LogP contribution in [0.4, 0.5) is 5.69 Å². The minimum atomic E-state index is -3.90. The lowest BCUT2D eigenvalue weighted by atomic mass is 10.0. The van der Waals surface area contributed by atoms with Crippen molar-refractivity contribution in [3.05, 3.63) is 98.5 Å². The first-order valence-electron chi connectivity index (χ1n) is 12.2. The van der Waals surface area contributed by atoms with E-state index >= 15 is 0 Å². The van der Waals surface area contributed by atoms with Crippen molar-refractivity contribution in [2.45, 2.75) is 32.9 Å². The van der Waals surface area contributed by atoms with Gasteiger partial charge in [-0.05, 0) is 55.3 Å². The van der Waals surface area contributed by atoms with E-state index in [0.717, 1.165) is 16.1 Å². The Morgan fingerprint density at radius 2 is 1.59 bits per heavy atom. The molecule has 0 spiro atoms. The maximum absolute atomic E-state index is 14.0. The fourth-order valence-electron chi connectivity index (χ4n) is 4.19. The number of rotatable bonds is 11. The van der Waals surface area contributed by atoms with E-state index in [1.807, 2.05) is 30.3 Å². The van der Waals surface area contributed by atoms with Gasteiger partial charge in [-0.2, -0.15) is 0 Å². The molecule has 0 saturated carbocycles. The number of aryl methyl sites for hydroxylation is 1. The number of hydrogen-bond donors (Lipinski definition) is 1. The molecule has 208 valence electrons. The van der Waals surface area contributed by atoms with Gasteiger partial charge in [-0.3, -0.25) is 13.9 Å². The second-order valence-corrected chi connectivity index (χ2v) is 12.2. The fraction of sp³-hybridized carbons (Fsp3) is 0.286. The molecule has 0 radical (unpaired) electrons. The van der Waals surface area contributed by atoms with E-state index in [9.17, 15) is 18.0 Å². The number of carbonyl (C=O) groups excluding carboxylic acids is 2. The Morgan fingerprint density at radius 3 is 2.15 bits per heavy atom. The van der Waals surface area contributed by atoms with Gasteiger partial charge in [0.15, 0.2) is 0 Å². The van der Waals surface area contributed by atoms with Crippen molar-refractivity contribution in [1.29, 1.82) is 0 Å². The predicted molar refractivity (Wildman–Crippen MR) is 158 cm³/mol. The molecule has 3 aromatic carbocycles. The molecule has 0 aliphatic carbocycles.